The Morgan fingerprint density at radius 2 is 2.17 bits per heavy atom. The van der Waals surface area contributed by atoms with Gasteiger partial charge in [0.25, 0.3) is 0 Å². The van der Waals surface area contributed by atoms with Crippen LogP contribution in [0.25, 0.3) is 0 Å². The highest BCUT2D eigenvalue weighted by molar-refractivity contribution is 4.75. The first kappa shape index (κ1) is 7.73. The second kappa shape index (κ2) is 3.23. The highest BCUT2D eigenvalue weighted by Gasteiger charge is 2.11. The molecule has 0 bridgehead atoms. The van der Waals surface area contributed by atoms with E-state index in [1.807, 2.05) is 11.6 Å². The van der Waals surface area contributed by atoms with Crippen molar-refractivity contribution in [2.75, 3.05) is 13.1 Å². The first-order valence-corrected chi connectivity index (χ1v) is 4.43. The van der Waals surface area contributed by atoms with Gasteiger partial charge in [-0.05, 0) is 32.9 Å². The molecular weight excluding hydrogens is 152 g/mol. The van der Waals surface area contributed by atoms with Crippen molar-refractivity contribution < 1.29 is 0 Å². The average molecular weight is 166 g/mol. The van der Waals surface area contributed by atoms with Crippen molar-refractivity contribution >= 4 is 0 Å². The molecule has 0 saturated carbocycles. The number of hydrogen-bond acceptors (Lipinski definition) is 3. The van der Waals surface area contributed by atoms with E-state index in [1.165, 1.54) is 25.9 Å². The maximum atomic E-state index is 4.24. The van der Waals surface area contributed by atoms with Gasteiger partial charge in [-0.3, -0.25) is 4.90 Å². The molecule has 1 aromatic rings. The van der Waals surface area contributed by atoms with Crippen molar-refractivity contribution in [2.45, 2.75) is 26.4 Å². The van der Waals surface area contributed by atoms with Crippen LogP contribution in [0.2, 0.25) is 0 Å². The molecule has 12 heavy (non-hydrogen) atoms. The van der Waals surface area contributed by atoms with E-state index >= 15 is 0 Å². The van der Waals surface area contributed by atoms with Gasteiger partial charge in [-0.2, -0.15) is 5.10 Å². The Labute approximate surface area is 72.2 Å². The summed E-state index contributed by atoms with van der Waals surface area (Å²) in [6.45, 7) is 5.24. The van der Waals surface area contributed by atoms with E-state index in [0.29, 0.717) is 0 Å². The van der Waals surface area contributed by atoms with Crippen LogP contribution >= 0.6 is 0 Å². The zero-order chi connectivity index (χ0) is 8.39. The minimum absolute atomic E-state index is 0.856. The van der Waals surface area contributed by atoms with Gasteiger partial charge in [0, 0.05) is 0 Å². The van der Waals surface area contributed by atoms with Gasteiger partial charge >= 0.3 is 0 Å². The van der Waals surface area contributed by atoms with Crippen LogP contribution in [0.4, 0.5) is 0 Å². The quantitative estimate of drug-likeness (QED) is 0.646. The molecule has 4 heteroatoms. The van der Waals surface area contributed by atoms with Crippen molar-refractivity contribution in [3.63, 3.8) is 0 Å². The molecule has 0 N–H and O–H groups in total. The third kappa shape index (κ3) is 1.64. The number of aryl methyl sites for hydroxylation is 1. The Hall–Kier alpha value is -0.900. The molecule has 1 saturated heterocycles. The summed E-state index contributed by atoms with van der Waals surface area (Å²) in [5.41, 5.74) is 0. The highest BCUT2D eigenvalue weighted by atomic mass is 15.4. The predicted molar refractivity (Wildman–Crippen MR) is 45.6 cm³/mol. The maximum absolute atomic E-state index is 4.24. The van der Waals surface area contributed by atoms with E-state index in [-0.39, 0.29) is 0 Å². The highest BCUT2D eigenvalue weighted by Crippen LogP contribution is 2.07. The summed E-state index contributed by atoms with van der Waals surface area (Å²) in [6.07, 6.45) is 4.45. The molecule has 0 aromatic carbocycles. The Morgan fingerprint density at radius 1 is 1.42 bits per heavy atom. The third-order valence-electron chi connectivity index (χ3n) is 2.19. The average Bonchev–Trinajstić information content (AvgIpc) is 2.63. The monoisotopic (exact) mass is 166 g/mol. The van der Waals surface area contributed by atoms with Crippen LogP contribution in [0.5, 0.6) is 0 Å². The second-order valence-electron chi connectivity index (χ2n) is 3.30. The van der Waals surface area contributed by atoms with Crippen LogP contribution in [-0.2, 0) is 6.67 Å². The molecule has 0 unspecified atom stereocenters. The van der Waals surface area contributed by atoms with E-state index in [1.54, 1.807) is 6.33 Å². The summed E-state index contributed by atoms with van der Waals surface area (Å²) in [5, 5.41) is 4.24. The molecule has 1 aromatic heterocycles. The number of rotatable bonds is 2. The predicted octanol–water partition coefficient (Wildman–Crippen LogP) is 0.640. The summed E-state index contributed by atoms with van der Waals surface area (Å²) >= 11 is 0. The van der Waals surface area contributed by atoms with Crippen LogP contribution in [0, 0.1) is 6.92 Å². The molecule has 0 aliphatic carbocycles. The van der Waals surface area contributed by atoms with E-state index < -0.39 is 0 Å². The zero-order valence-corrected chi connectivity index (χ0v) is 7.40. The molecule has 0 atom stereocenters. The topological polar surface area (TPSA) is 34.0 Å². The Balaban J connectivity index is 1.94. The Kier molecular flexibility index (Phi) is 2.08. The molecule has 2 rings (SSSR count). The fourth-order valence-corrected chi connectivity index (χ4v) is 1.58. The second-order valence-corrected chi connectivity index (χ2v) is 3.30. The zero-order valence-electron chi connectivity index (χ0n) is 7.40. The van der Waals surface area contributed by atoms with Gasteiger partial charge in [-0.15, -0.1) is 0 Å². The summed E-state index contributed by atoms with van der Waals surface area (Å²) in [6, 6.07) is 0. The van der Waals surface area contributed by atoms with Gasteiger partial charge in [-0.1, -0.05) is 0 Å². The minimum atomic E-state index is 0.856. The smallest absolute Gasteiger partial charge is 0.147 e. The summed E-state index contributed by atoms with van der Waals surface area (Å²) < 4.78 is 1.90. The van der Waals surface area contributed by atoms with Gasteiger partial charge in [0.1, 0.15) is 12.2 Å². The Bertz CT molecular complexity index is 249. The van der Waals surface area contributed by atoms with Gasteiger partial charge in [0.05, 0.1) is 6.67 Å². The van der Waals surface area contributed by atoms with Crippen LogP contribution < -0.4 is 0 Å². The number of hydrogen-bond donors (Lipinski definition) is 0. The molecule has 1 aliphatic rings. The Morgan fingerprint density at radius 3 is 2.75 bits per heavy atom. The molecule has 0 radical (unpaired) electrons. The normalized spacial score (nSPS) is 18.8. The van der Waals surface area contributed by atoms with E-state index in [9.17, 15) is 0 Å². The summed E-state index contributed by atoms with van der Waals surface area (Å²) in [5.74, 6) is 0.856. The molecule has 1 aliphatic heterocycles. The molecule has 66 valence electrons. The summed E-state index contributed by atoms with van der Waals surface area (Å²) in [4.78, 5) is 6.48. The minimum Gasteiger partial charge on any atom is -0.284 e. The van der Waals surface area contributed by atoms with Crippen molar-refractivity contribution in [1.82, 2.24) is 19.7 Å². The van der Waals surface area contributed by atoms with Crippen LogP contribution in [0.3, 0.4) is 0 Å². The number of likely N-dealkylation sites (tertiary alicyclic amines) is 1. The molecule has 2 heterocycles. The van der Waals surface area contributed by atoms with Crippen molar-refractivity contribution in [3.8, 4) is 0 Å². The van der Waals surface area contributed by atoms with Crippen molar-refractivity contribution in [3.05, 3.63) is 12.2 Å². The van der Waals surface area contributed by atoms with Crippen LogP contribution in [0.15, 0.2) is 6.33 Å². The first-order chi connectivity index (χ1) is 5.84. The maximum Gasteiger partial charge on any atom is 0.147 e. The molecule has 4 nitrogen and oxygen atoms in total. The van der Waals surface area contributed by atoms with E-state index in [4.69, 9.17) is 0 Å². The first-order valence-electron chi connectivity index (χ1n) is 4.43. The van der Waals surface area contributed by atoms with Gasteiger partial charge < -0.3 is 0 Å². The van der Waals surface area contributed by atoms with Gasteiger partial charge in [0.15, 0.2) is 0 Å². The fourth-order valence-electron chi connectivity index (χ4n) is 1.58. The fraction of sp³-hybridized carbons (Fsp3) is 0.750. The molecular formula is C8H14N4. The molecule has 0 spiro atoms. The lowest BCUT2D eigenvalue weighted by Crippen LogP contribution is -2.23. The molecule has 0 amide bonds. The number of nitrogens with zero attached hydrogens (tertiary/aromatic N) is 4. The SMILES string of the molecule is Cc1ncn(CN2CCCC2)n1. The molecule has 1 fully saturated rings. The summed E-state index contributed by atoms with van der Waals surface area (Å²) in [7, 11) is 0. The van der Waals surface area contributed by atoms with Gasteiger partial charge in [0.2, 0.25) is 0 Å². The van der Waals surface area contributed by atoms with Crippen LogP contribution in [-0.4, -0.2) is 32.8 Å². The van der Waals surface area contributed by atoms with Gasteiger partial charge in [-0.25, -0.2) is 9.67 Å². The van der Waals surface area contributed by atoms with Crippen molar-refractivity contribution in [2.24, 2.45) is 0 Å². The van der Waals surface area contributed by atoms with E-state index in [0.717, 1.165) is 12.5 Å². The van der Waals surface area contributed by atoms with Crippen molar-refractivity contribution in [1.29, 1.82) is 0 Å². The number of aromatic nitrogens is 3. The van der Waals surface area contributed by atoms with Crippen LogP contribution in [0.1, 0.15) is 18.7 Å². The lowest BCUT2D eigenvalue weighted by atomic mass is 10.4. The van der Waals surface area contributed by atoms with E-state index in [2.05, 4.69) is 15.0 Å². The lowest BCUT2D eigenvalue weighted by Gasteiger charge is -2.13. The third-order valence-corrected chi connectivity index (χ3v) is 2.19. The lowest BCUT2D eigenvalue weighted by molar-refractivity contribution is 0.255. The standard InChI is InChI=1S/C8H14N4/c1-8-9-6-12(10-8)7-11-4-2-3-5-11/h6H,2-5,7H2,1H3. The largest absolute Gasteiger partial charge is 0.284 e.